The summed E-state index contributed by atoms with van der Waals surface area (Å²) in [6.45, 7) is 0. The Labute approximate surface area is 135 Å². The fourth-order valence-corrected chi connectivity index (χ4v) is 3.72. The minimum atomic E-state index is -0.563. The molecule has 0 fully saturated rings. The van der Waals surface area contributed by atoms with Crippen molar-refractivity contribution in [2.45, 2.75) is 11.1 Å². The first kappa shape index (κ1) is 15.1. The van der Waals surface area contributed by atoms with Crippen molar-refractivity contribution in [1.29, 1.82) is 0 Å². The third-order valence-corrected chi connectivity index (χ3v) is 4.79. The quantitative estimate of drug-likeness (QED) is 0.505. The van der Waals surface area contributed by atoms with Gasteiger partial charge < -0.3 is 0 Å². The molecule has 19 heavy (non-hydrogen) atoms. The van der Waals surface area contributed by atoms with E-state index in [1.54, 1.807) is 0 Å². The maximum atomic E-state index is 13.3. The predicted octanol–water partition coefficient (Wildman–Crippen LogP) is 4.07. The first-order valence-electron chi connectivity index (χ1n) is 5.49. The van der Waals surface area contributed by atoms with E-state index in [4.69, 9.17) is 0 Å². The van der Waals surface area contributed by atoms with E-state index in [9.17, 15) is 8.78 Å². The molecule has 0 aliphatic rings. The fraction of sp³-hybridized carbons (Fsp3) is 0.154. The Morgan fingerprint density at radius 2 is 1.74 bits per heavy atom. The number of nitrogens with zero attached hydrogens (tertiary/aromatic N) is 1. The number of pyridine rings is 1. The molecule has 2 aromatic rings. The molecule has 0 radical (unpaired) electrons. The first-order chi connectivity index (χ1) is 9.01. The van der Waals surface area contributed by atoms with E-state index < -0.39 is 11.6 Å². The number of halogens is 4. The number of rotatable bonds is 3. The molecule has 0 N–H and O–H groups in total. The molecule has 1 nitrogen and oxygen atoms in total. The van der Waals surface area contributed by atoms with Crippen molar-refractivity contribution in [2.24, 2.45) is 0 Å². The summed E-state index contributed by atoms with van der Waals surface area (Å²) in [7, 11) is 0. The Morgan fingerprint density at radius 1 is 1.11 bits per heavy atom. The van der Waals surface area contributed by atoms with Crippen LogP contribution in [0.4, 0.5) is 8.78 Å². The molecule has 0 saturated carbocycles. The van der Waals surface area contributed by atoms with Gasteiger partial charge in [0.25, 0.3) is 0 Å². The van der Waals surface area contributed by atoms with Crippen LogP contribution < -0.4 is 0 Å². The normalized spacial score (nSPS) is 12.5. The zero-order valence-electron chi connectivity index (χ0n) is 9.71. The summed E-state index contributed by atoms with van der Waals surface area (Å²) in [5.74, 6) is -1.25. The van der Waals surface area contributed by atoms with Crippen molar-refractivity contribution in [1.82, 2.24) is 4.98 Å². The number of hydrogen-bond donors (Lipinski definition) is 0. The van der Waals surface area contributed by atoms with Crippen LogP contribution in [0.2, 0.25) is 5.21 Å². The van der Waals surface area contributed by atoms with Crippen LogP contribution in [-0.4, -0.2) is 21.8 Å². The summed E-state index contributed by atoms with van der Waals surface area (Å²) in [6.07, 6.45) is 0. The molecule has 1 aromatic carbocycles. The maximum absolute atomic E-state index is 13.3. The predicted molar refractivity (Wildman–Crippen MR) is 81.2 cm³/mol. The van der Waals surface area contributed by atoms with E-state index in [-0.39, 0.29) is 5.92 Å². The van der Waals surface area contributed by atoms with Crippen LogP contribution in [0.1, 0.15) is 17.2 Å². The van der Waals surface area contributed by atoms with Crippen molar-refractivity contribution >= 4 is 48.7 Å². The third-order valence-electron chi connectivity index (χ3n) is 2.69. The van der Waals surface area contributed by atoms with Crippen LogP contribution in [-0.2, 0) is 0 Å². The standard InChI is InChI=1S/C13H10AsBr2F2N/c14-6-10(7-3-8(17)5-9(18)4-7)13-11(15)1-2-12(16)19-13/h1-5,10H,6,14H2/t10-/m0/s1. The summed E-state index contributed by atoms with van der Waals surface area (Å²) in [5.41, 5.74) is 1.39. The molecule has 0 bridgehead atoms. The summed E-state index contributed by atoms with van der Waals surface area (Å²) in [4.78, 5) is 4.41. The summed E-state index contributed by atoms with van der Waals surface area (Å²) < 4.78 is 28.2. The Morgan fingerprint density at radius 3 is 2.32 bits per heavy atom. The van der Waals surface area contributed by atoms with E-state index in [1.165, 1.54) is 29.0 Å². The van der Waals surface area contributed by atoms with Gasteiger partial charge in [0.05, 0.1) is 0 Å². The van der Waals surface area contributed by atoms with E-state index >= 15 is 0 Å². The van der Waals surface area contributed by atoms with Crippen LogP contribution in [0.25, 0.3) is 0 Å². The summed E-state index contributed by atoms with van der Waals surface area (Å²) >= 11 is 8.25. The molecule has 6 heteroatoms. The molecule has 2 rings (SSSR count). The third kappa shape index (κ3) is 3.65. The average Bonchev–Trinajstić information content (AvgIpc) is 2.33. The van der Waals surface area contributed by atoms with Gasteiger partial charge in [-0.2, -0.15) is 0 Å². The van der Waals surface area contributed by atoms with E-state index in [0.29, 0.717) is 10.2 Å². The van der Waals surface area contributed by atoms with E-state index in [1.807, 2.05) is 12.1 Å². The molecule has 1 aromatic heterocycles. The van der Waals surface area contributed by atoms with E-state index in [2.05, 4.69) is 36.8 Å². The molecule has 100 valence electrons. The van der Waals surface area contributed by atoms with Gasteiger partial charge in [0.2, 0.25) is 0 Å². The van der Waals surface area contributed by atoms with Gasteiger partial charge >= 0.3 is 136 Å². The zero-order chi connectivity index (χ0) is 14.0. The first-order valence-corrected chi connectivity index (χ1v) is 8.79. The second kappa shape index (κ2) is 6.47. The fourth-order valence-electron chi connectivity index (χ4n) is 1.86. The van der Waals surface area contributed by atoms with Crippen LogP contribution in [0.15, 0.2) is 39.4 Å². The molecule has 0 aliphatic heterocycles. The Hall–Kier alpha value is -0.252. The van der Waals surface area contributed by atoms with Crippen molar-refractivity contribution in [3.8, 4) is 0 Å². The van der Waals surface area contributed by atoms with Crippen LogP contribution >= 0.6 is 31.9 Å². The van der Waals surface area contributed by atoms with Gasteiger partial charge in [-0.25, -0.2) is 0 Å². The van der Waals surface area contributed by atoms with Crippen LogP contribution in [0.3, 0.4) is 0 Å². The van der Waals surface area contributed by atoms with Gasteiger partial charge in [-0.3, -0.25) is 0 Å². The van der Waals surface area contributed by atoms with Gasteiger partial charge in [-0.15, -0.1) is 0 Å². The van der Waals surface area contributed by atoms with Crippen molar-refractivity contribution in [2.75, 3.05) is 0 Å². The zero-order valence-corrected chi connectivity index (χ0v) is 15.3. The van der Waals surface area contributed by atoms with E-state index in [0.717, 1.165) is 21.4 Å². The SMILES string of the molecule is Fc1cc(F)cc([C@H](C[AsH2])c2nc(Br)ccc2Br)c1. The van der Waals surface area contributed by atoms with Gasteiger partial charge in [-0.1, -0.05) is 0 Å². The molecular formula is C13H10AsBr2F2N. The molecule has 0 spiro atoms. The minimum absolute atomic E-state index is 0.128. The molecule has 0 aliphatic carbocycles. The monoisotopic (exact) mass is 451 g/mol. The molecular weight excluding hydrogens is 443 g/mol. The van der Waals surface area contributed by atoms with Gasteiger partial charge in [-0.05, 0) is 0 Å². The van der Waals surface area contributed by atoms with Crippen LogP contribution in [0, 0.1) is 11.6 Å². The number of hydrogen-bond acceptors (Lipinski definition) is 1. The second-order valence-electron chi connectivity index (χ2n) is 3.99. The molecule has 0 amide bonds. The van der Waals surface area contributed by atoms with Gasteiger partial charge in [0, 0.05) is 0 Å². The summed E-state index contributed by atoms with van der Waals surface area (Å²) in [6, 6.07) is 7.30. The van der Waals surface area contributed by atoms with Crippen molar-refractivity contribution in [3.05, 3.63) is 62.3 Å². The molecule has 1 unspecified atom stereocenters. The Balaban J connectivity index is 2.52. The molecule has 1 heterocycles. The second-order valence-corrected chi connectivity index (χ2v) is 6.65. The Kier molecular flexibility index (Phi) is 5.15. The summed E-state index contributed by atoms with van der Waals surface area (Å²) in [5, 5.41) is 0.762. The number of aromatic nitrogens is 1. The average molecular weight is 453 g/mol. The van der Waals surface area contributed by atoms with Crippen molar-refractivity contribution < 1.29 is 8.78 Å². The molecule has 2 atom stereocenters. The molecule has 0 saturated heterocycles. The van der Waals surface area contributed by atoms with Gasteiger partial charge in [0.15, 0.2) is 0 Å². The van der Waals surface area contributed by atoms with Crippen molar-refractivity contribution in [3.63, 3.8) is 0 Å². The van der Waals surface area contributed by atoms with Crippen LogP contribution in [0.5, 0.6) is 0 Å². The van der Waals surface area contributed by atoms with Gasteiger partial charge in [0.1, 0.15) is 0 Å². The Bertz CT molecular complexity index is 587. The number of benzene rings is 1. The topological polar surface area (TPSA) is 12.9 Å².